The van der Waals surface area contributed by atoms with Gasteiger partial charge in [-0.1, -0.05) is 5.92 Å². The number of carbonyl (C=O) groups excluding carboxylic acids is 1. The van der Waals surface area contributed by atoms with Crippen molar-refractivity contribution in [3.8, 4) is 12.3 Å². The van der Waals surface area contributed by atoms with Gasteiger partial charge in [0.15, 0.2) is 12.1 Å². The van der Waals surface area contributed by atoms with Gasteiger partial charge in [-0.2, -0.15) is 5.10 Å². The molecular formula is C7H7N3O. The van der Waals surface area contributed by atoms with E-state index in [9.17, 15) is 4.79 Å². The SMILES string of the molecule is C#Cc1[nH]nc(NC)c1C=O. The van der Waals surface area contributed by atoms with Crippen molar-refractivity contribution in [2.75, 3.05) is 12.4 Å². The summed E-state index contributed by atoms with van der Waals surface area (Å²) in [7, 11) is 1.67. The Morgan fingerprint density at radius 1 is 1.82 bits per heavy atom. The lowest BCUT2D eigenvalue weighted by atomic mass is 10.2. The van der Waals surface area contributed by atoms with E-state index in [1.807, 2.05) is 0 Å². The van der Waals surface area contributed by atoms with Gasteiger partial charge >= 0.3 is 0 Å². The van der Waals surface area contributed by atoms with E-state index in [0.29, 0.717) is 23.4 Å². The number of hydrogen-bond acceptors (Lipinski definition) is 3. The summed E-state index contributed by atoms with van der Waals surface area (Å²) in [5.74, 6) is 2.79. The van der Waals surface area contributed by atoms with E-state index in [-0.39, 0.29) is 0 Å². The van der Waals surface area contributed by atoms with Crippen molar-refractivity contribution < 1.29 is 4.79 Å². The summed E-state index contributed by atoms with van der Waals surface area (Å²) in [6.07, 6.45) is 5.76. The second-order valence-electron chi connectivity index (χ2n) is 1.87. The van der Waals surface area contributed by atoms with Crippen LogP contribution in [0, 0.1) is 12.3 Å². The molecule has 1 aromatic heterocycles. The van der Waals surface area contributed by atoms with Crippen LogP contribution in [0.25, 0.3) is 0 Å². The Labute approximate surface area is 64.0 Å². The summed E-state index contributed by atoms with van der Waals surface area (Å²) in [6.45, 7) is 0. The van der Waals surface area contributed by atoms with Crippen LogP contribution < -0.4 is 5.32 Å². The zero-order valence-electron chi connectivity index (χ0n) is 6.01. The summed E-state index contributed by atoms with van der Waals surface area (Å²) in [6, 6.07) is 0. The van der Waals surface area contributed by atoms with Crippen molar-refractivity contribution >= 4 is 12.1 Å². The van der Waals surface area contributed by atoms with Crippen LogP contribution in [0.15, 0.2) is 0 Å². The minimum Gasteiger partial charge on any atom is -0.371 e. The Kier molecular flexibility index (Phi) is 1.93. The third kappa shape index (κ3) is 1.08. The predicted molar refractivity (Wildman–Crippen MR) is 41.5 cm³/mol. The minimum atomic E-state index is 0.398. The molecule has 56 valence electrons. The van der Waals surface area contributed by atoms with E-state index in [2.05, 4.69) is 21.4 Å². The molecule has 0 saturated carbocycles. The quantitative estimate of drug-likeness (QED) is 0.468. The number of H-pyrrole nitrogens is 1. The third-order valence-corrected chi connectivity index (χ3v) is 1.30. The molecule has 0 radical (unpaired) electrons. The molecule has 0 aromatic carbocycles. The summed E-state index contributed by atoms with van der Waals surface area (Å²) >= 11 is 0. The fourth-order valence-electron chi connectivity index (χ4n) is 0.766. The number of anilines is 1. The summed E-state index contributed by atoms with van der Waals surface area (Å²) in [5.41, 5.74) is 0.805. The van der Waals surface area contributed by atoms with Crippen molar-refractivity contribution in [3.63, 3.8) is 0 Å². The third-order valence-electron chi connectivity index (χ3n) is 1.30. The van der Waals surface area contributed by atoms with E-state index < -0.39 is 0 Å². The number of aromatic nitrogens is 2. The molecule has 0 aliphatic heterocycles. The molecule has 0 spiro atoms. The van der Waals surface area contributed by atoms with Gasteiger partial charge in [-0.05, 0) is 0 Å². The number of nitrogens with zero attached hydrogens (tertiary/aromatic N) is 1. The highest BCUT2D eigenvalue weighted by atomic mass is 16.1. The number of carbonyl (C=O) groups is 1. The molecule has 1 rings (SSSR count). The first-order chi connectivity index (χ1) is 5.33. The molecule has 0 bridgehead atoms. The highest BCUT2D eigenvalue weighted by molar-refractivity contribution is 5.85. The lowest BCUT2D eigenvalue weighted by molar-refractivity contribution is 0.112. The first-order valence-electron chi connectivity index (χ1n) is 3.01. The van der Waals surface area contributed by atoms with E-state index in [1.54, 1.807) is 7.05 Å². The highest BCUT2D eigenvalue weighted by Gasteiger charge is 2.07. The molecule has 0 saturated heterocycles. The maximum atomic E-state index is 10.4. The van der Waals surface area contributed by atoms with Crippen LogP contribution >= 0.6 is 0 Å². The molecule has 0 atom stereocenters. The predicted octanol–water partition coefficient (Wildman–Crippen LogP) is 0.245. The van der Waals surface area contributed by atoms with Gasteiger partial charge in [0, 0.05) is 7.05 Å². The first kappa shape index (κ1) is 7.35. The molecule has 0 fully saturated rings. The second kappa shape index (κ2) is 2.88. The first-order valence-corrected chi connectivity index (χ1v) is 3.01. The van der Waals surface area contributed by atoms with Crippen LogP contribution in [-0.4, -0.2) is 23.5 Å². The maximum Gasteiger partial charge on any atom is 0.159 e. The summed E-state index contributed by atoms with van der Waals surface area (Å²) < 4.78 is 0. The van der Waals surface area contributed by atoms with Crippen LogP contribution in [0.2, 0.25) is 0 Å². The Balaban J connectivity index is 3.22. The molecule has 4 nitrogen and oxygen atoms in total. The average Bonchev–Trinajstić information content (AvgIpc) is 2.45. The standard InChI is InChI=1S/C7H7N3O/c1-3-6-5(4-11)7(8-2)10-9-6/h1,4H,2H3,(H2,8,9,10). The van der Waals surface area contributed by atoms with Gasteiger partial charge < -0.3 is 5.32 Å². The Hall–Kier alpha value is -1.76. The molecule has 1 heterocycles. The molecule has 4 heteroatoms. The number of hydrogen-bond donors (Lipinski definition) is 2. The number of rotatable bonds is 2. The zero-order chi connectivity index (χ0) is 8.27. The van der Waals surface area contributed by atoms with Crippen molar-refractivity contribution in [1.29, 1.82) is 0 Å². The Morgan fingerprint density at radius 2 is 2.55 bits per heavy atom. The van der Waals surface area contributed by atoms with Crippen molar-refractivity contribution in [1.82, 2.24) is 10.2 Å². The van der Waals surface area contributed by atoms with Gasteiger partial charge in [0.05, 0.1) is 5.56 Å². The molecule has 2 N–H and O–H groups in total. The lowest BCUT2D eigenvalue weighted by Gasteiger charge is -1.90. The van der Waals surface area contributed by atoms with Gasteiger partial charge in [0.25, 0.3) is 0 Å². The molecule has 0 aliphatic carbocycles. The van der Waals surface area contributed by atoms with Crippen molar-refractivity contribution in [3.05, 3.63) is 11.3 Å². The van der Waals surface area contributed by atoms with Crippen LogP contribution in [0.1, 0.15) is 16.1 Å². The van der Waals surface area contributed by atoms with Crippen molar-refractivity contribution in [2.45, 2.75) is 0 Å². The monoisotopic (exact) mass is 149 g/mol. The van der Waals surface area contributed by atoms with Crippen LogP contribution in [0.3, 0.4) is 0 Å². The van der Waals surface area contributed by atoms with Crippen LogP contribution in [0.5, 0.6) is 0 Å². The molecular weight excluding hydrogens is 142 g/mol. The highest BCUT2D eigenvalue weighted by Crippen LogP contribution is 2.11. The van der Waals surface area contributed by atoms with E-state index in [1.165, 1.54) is 0 Å². The molecule has 1 aromatic rings. The van der Waals surface area contributed by atoms with Gasteiger partial charge in [0.1, 0.15) is 5.69 Å². The van der Waals surface area contributed by atoms with Crippen LogP contribution in [-0.2, 0) is 0 Å². The largest absolute Gasteiger partial charge is 0.371 e. The molecule has 0 amide bonds. The second-order valence-corrected chi connectivity index (χ2v) is 1.87. The lowest BCUT2D eigenvalue weighted by Crippen LogP contribution is -1.92. The fraction of sp³-hybridized carbons (Fsp3) is 0.143. The van der Waals surface area contributed by atoms with Gasteiger partial charge in [-0.25, -0.2) is 0 Å². The van der Waals surface area contributed by atoms with Crippen LogP contribution in [0.4, 0.5) is 5.82 Å². The average molecular weight is 149 g/mol. The molecule has 0 aliphatic rings. The minimum absolute atomic E-state index is 0.398. The number of terminal acetylenes is 1. The van der Waals surface area contributed by atoms with Crippen molar-refractivity contribution in [2.24, 2.45) is 0 Å². The summed E-state index contributed by atoms with van der Waals surface area (Å²) in [4.78, 5) is 10.4. The van der Waals surface area contributed by atoms with E-state index in [4.69, 9.17) is 6.42 Å². The van der Waals surface area contributed by atoms with E-state index in [0.717, 1.165) is 0 Å². The Morgan fingerprint density at radius 3 is 3.00 bits per heavy atom. The Bertz CT molecular complexity index is 308. The van der Waals surface area contributed by atoms with E-state index >= 15 is 0 Å². The number of aromatic amines is 1. The number of aldehydes is 1. The smallest absolute Gasteiger partial charge is 0.159 e. The fourth-order valence-corrected chi connectivity index (χ4v) is 0.766. The molecule has 11 heavy (non-hydrogen) atoms. The van der Waals surface area contributed by atoms with Gasteiger partial charge in [-0.3, -0.25) is 9.89 Å². The normalized spacial score (nSPS) is 8.73. The topological polar surface area (TPSA) is 57.8 Å². The van der Waals surface area contributed by atoms with Gasteiger partial charge in [-0.15, -0.1) is 6.42 Å². The maximum absolute atomic E-state index is 10.4. The zero-order valence-corrected chi connectivity index (χ0v) is 6.01. The molecule has 0 unspecified atom stereocenters. The number of nitrogens with one attached hydrogen (secondary N) is 2. The van der Waals surface area contributed by atoms with Gasteiger partial charge in [0.2, 0.25) is 0 Å². The summed E-state index contributed by atoms with van der Waals surface area (Å²) in [5, 5.41) is 9.04.